The summed E-state index contributed by atoms with van der Waals surface area (Å²) < 4.78 is 6.22. The molecule has 0 bridgehead atoms. The highest BCUT2D eigenvalue weighted by atomic mass is 35.5. The molecule has 0 aromatic carbocycles. The molecule has 0 aliphatic rings. The van der Waals surface area contributed by atoms with Crippen LogP contribution in [-0.2, 0) is 4.74 Å². The molecule has 0 aromatic heterocycles. The standard InChI is InChI=1S/C10H25N2O.ClH/c1-6-12(4,9-10-13-5)8-7-11(2)3;/h6-10H2,1-5H3;1H/q+1;/p-1. The Labute approximate surface area is 95.0 Å². The molecule has 4 heteroatoms. The summed E-state index contributed by atoms with van der Waals surface area (Å²) in [5.74, 6) is 0. The van der Waals surface area contributed by atoms with Gasteiger partial charge in [0.2, 0.25) is 0 Å². The van der Waals surface area contributed by atoms with Gasteiger partial charge in [-0.15, -0.1) is 0 Å². The first kappa shape index (κ1) is 16.6. The van der Waals surface area contributed by atoms with E-state index in [0.717, 1.165) is 24.2 Å². The van der Waals surface area contributed by atoms with Crippen LogP contribution in [0.2, 0.25) is 0 Å². The maximum Gasteiger partial charge on any atom is 0.102 e. The minimum atomic E-state index is 0. The van der Waals surface area contributed by atoms with Crippen LogP contribution in [0.25, 0.3) is 0 Å². The van der Waals surface area contributed by atoms with E-state index in [9.17, 15) is 0 Å². The molecule has 0 radical (unpaired) electrons. The van der Waals surface area contributed by atoms with E-state index in [-0.39, 0.29) is 12.4 Å². The third-order valence-corrected chi connectivity index (χ3v) is 2.69. The molecular formula is C10H25ClN2O. The molecule has 0 aliphatic carbocycles. The summed E-state index contributed by atoms with van der Waals surface area (Å²) in [6.45, 7) is 7.74. The second kappa shape index (κ2) is 8.48. The van der Waals surface area contributed by atoms with E-state index >= 15 is 0 Å². The summed E-state index contributed by atoms with van der Waals surface area (Å²) in [6, 6.07) is 0. The van der Waals surface area contributed by atoms with Crippen molar-refractivity contribution >= 4 is 0 Å². The van der Waals surface area contributed by atoms with Crippen molar-refractivity contribution in [2.75, 3.05) is 61.0 Å². The van der Waals surface area contributed by atoms with Crippen molar-refractivity contribution in [3.8, 4) is 0 Å². The molecule has 0 aromatic rings. The average molecular weight is 225 g/mol. The van der Waals surface area contributed by atoms with Crippen molar-refractivity contribution in [2.24, 2.45) is 0 Å². The Balaban J connectivity index is 0. The topological polar surface area (TPSA) is 12.5 Å². The van der Waals surface area contributed by atoms with Crippen LogP contribution in [0.4, 0.5) is 0 Å². The third-order valence-electron chi connectivity index (χ3n) is 2.69. The Bertz CT molecular complexity index is 133. The van der Waals surface area contributed by atoms with Gasteiger partial charge in [0.25, 0.3) is 0 Å². The van der Waals surface area contributed by atoms with E-state index in [0.29, 0.717) is 0 Å². The molecule has 3 nitrogen and oxygen atoms in total. The first-order valence-corrected chi connectivity index (χ1v) is 5.01. The highest BCUT2D eigenvalue weighted by molar-refractivity contribution is 4.43. The normalized spacial score (nSPS) is 15.0. The fourth-order valence-electron chi connectivity index (χ4n) is 1.18. The molecule has 0 fully saturated rings. The van der Waals surface area contributed by atoms with E-state index < -0.39 is 0 Å². The number of rotatable bonds is 7. The SMILES string of the molecule is CC[N+](C)(CCOC)CCN(C)C.[Cl-]. The highest BCUT2D eigenvalue weighted by Crippen LogP contribution is 2.01. The number of nitrogens with zero attached hydrogens (tertiary/aromatic N) is 2. The van der Waals surface area contributed by atoms with Gasteiger partial charge in [0.15, 0.2) is 0 Å². The van der Waals surface area contributed by atoms with Crippen molar-refractivity contribution in [1.82, 2.24) is 4.90 Å². The quantitative estimate of drug-likeness (QED) is 0.450. The summed E-state index contributed by atoms with van der Waals surface area (Å²) in [5.41, 5.74) is 0. The van der Waals surface area contributed by atoms with Crippen LogP contribution < -0.4 is 12.4 Å². The Morgan fingerprint density at radius 2 is 1.79 bits per heavy atom. The predicted octanol–water partition coefficient (Wildman–Crippen LogP) is -2.34. The molecule has 0 N–H and O–H groups in total. The van der Waals surface area contributed by atoms with Crippen LogP contribution in [0.5, 0.6) is 0 Å². The second-order valence-electron chi connectivity index (χ2n) is 4.18. The third kappa shape index (κ3) is 7.56. The first-order chi connectivity index (χ1) is 6.04. The monoisotopic (exact) mass is 224 g/mol. The molecule has 0 aliphatic heterocycles. The smallest absolute Gasteiger partial charge is 0.102 e. The molecule has 0 spiro atoms. The number of quaternary nitrogens is 1. The van der Waals surface area contributed by atoms with Gasteiger partial charge in [-0.3, -0.25) is 0 Å². The van der Waals surface area contributed by atoms with Crippen molar-refractivity contribution in [1.29, 1.82) is 0 Å². The lowest BCUT2D eigenvalue weighted by molar-refractivity contribution is -0.907. The Morgan fingerprint density at radius 3 is 2.14 bits per heavy atom. The number of likely N-dealkylation sites (N-methyl/N-ethyl adjacent to an activating group) is 2. The van der Waals surface area contributed by atoms with Gasteiger partial charge in [0.05, 0.1) is 26.7 Å². The molecule has 88 valence electrons. The van der Waals surface area contributed by atoms with Crippen molar-refractivity contribution in [2.45, 2.75) is 6.92 Å². The minimum absolute atomic E-state index is 0. The number of hydrogen-bond acceptors (Lipinski definition) is 2. The van der Waals surface area contributed by atoms with Gasteiger partial charge in [0, 0.05) is 13.7 Å². The van der Waals surface area contributed by atoms with Crippen molar-refractivity contribution in [3.05, 3.63) is 0 Å². The zero-order chi connectivity index (χ0) is 10.3. The number of methoxy groups -OCH3 is 1. The lowest BCUT2D eigenvalue weighted by Crippen LogP contribution is -3.00. The maximum absolute atomic E-state index is 5.12. The molecule has 0 amide bonds. The van der Waals surface area contributed by atoms with Gasteiger partial charge in [0.1, 0.15) is 6.54 Å². The van der Waals surface area contributed by atoms with E-state index in [2.05, 4.69) is 33.0 Å². The average Bonchev–Trinajstić information content (AvgIpc) is 2.11. The summed E-state index contributed by atoms with van der Waals surface area (Å²) in [7, 11) is 8.31. The molecular weight excluding hydrogens is 200 g/mol. The fourth-order valence-corrected chi connectivity index (χ4v) is 1.18. The lowest BCUT2D eigenvalue weighted by Gasteiger charge is -2.34. The first-order valence-electron chi connectivity index (χ1n) is 5.01. The summed E-state index contributed by atoms with van der Waals surface area (Å²) >= 11 is 0. The molecule has 0 heterocycles. The van der Waals surface area contributed by atoms with Gasteiger partial charge >= 0.3 is 0 Å². The van der Waals surface area contributed by atoms with Gasteiger partial charge in [-0.05, 0) is 21.0 Å². The molecule has 0 rings (SSSR count). The number of hydrogen-bond donors (Lipinski definition) is 0. The maximum atomic E-state index is 5.12. The Kier molecular flexibility index (Phi) is 10.0. The van der Waals surface area contributed by atoms with Crippen molar-refractivity contribution < 1.29 is 21.6 Å². The predicted molar refractivity (Wildman–Crippen MR) is 56.9 cm³/mol. The number of halogens is 1. The molecule has 1 unspecified atom stereocenters. The highest BCUT2D eigenvalue weighted by Gasteiger charge is 2.18. The van der Waals surface area contributed by atoms with Gasteiger partial charge in [-0.25, -0.2) is 0 Å². The van der Waals surface area contributed by atoms with Gasteiger partial charge in [-0.2, -0.15) is 0 Å². The van der Waals surface area contributed by atoms with E-state index in [1.54, 1.807) is 7.11 Å². The molecule has 0 saturated carbocycles. The number of ether oxygens (including phenoxy) is 1. The van der Waals surface area contributed by atoms with Crippen molar-refractivity contribution in [3.63, 3.8) is 0 Å². The van der Waals surface area contributed by atoms with Crippen LogP contribution >= 0.6 is 0 Å². The van der Waals surface area contributed by atoms with Crippen LogP contribution in [0, 0.1) is 0 Å². The zero-order valence-electron chi connectivity index (χ0n) is 10.2. The lowest BCUT2D eigenvalue weighted by atomic mass is 10.3. The molecule has 14 heavy (non-hydrogen) atoms. The Hall–Kier alpha value is 0.170. The molecule has 0 saturated heterocycles. The zero-order valence-corrected chi connectivity index (χ0v) is 11.0. The fraction of sp³-hybridized carbons (Fsp3) is 1.00. The van der Waals surface area contributed by atoms with E-state index in [1.807, 2.05) is 0 Å². The second-order valence-corrected chi connectivity index (χ2v) is 4.18. The van der Waals surface area contributed by atoms with Crippen LogP contribution in [0.1, 0.15) is 6.92 Å². The van der Waals surface area contributed by atoms with E-state index in [4.69, 9.17) is 4.74 Å². The van der Waals surface area contributed by atoms with Gasteiger partial charge in [-0.1, -0.05) is 0 Å². The van der Waals surface area contributed by atoms with Crippen LogP contribution in [0.15, 0.2) is 0 Å². The van der Waals surface area contributed by atoms with Crippen LogP contribution in [0.3, 0.4) is 0 Å². The van der Waals surface area contributed by atoms with E-state index in [1.165, 1.54) is 13.1 Å². The largest absolute Gasteiger partial charge is 1.00 e. The summed E-state index contributed by atoms with van der Waals surface area (Å²) in [5, 5.41) is 0. The van der Waals surface area contributed by atoms with Crippen LogP contribution in [-0.4, -0.2) is 70.4 Å². The minimum Gasteiger partial charge on any atom is -1.00 e. The summed E-state index contributed by atoms with van der Waals surface area (Å²) in [4.78, 5) is 2.24. The Morgan fingerprint density at radius 1 is 1.21 bits per heavy atom. The van der Waals surface area contributed by atoms with Gasteiger partial charge < -0.3 is 26.5 Å². The summed E-state index contributed by atoms with van der Waals surface area (Å²) in [6.07, 6.45) is 0. The molecule has 1 atom stereocenters.